The highest BCUT2D eigenvalue weighted by Crippen LogP contribution is 2.15. The van der Waals surface area contributed by atoms with E-state index in [1.54, 1.807) is 10.7 Å². The second kappa shape index (κ2) is 6.21. The van der Waals surface area contributed by atoms with Crippen LogP contribution >= 0.6 is 0 Å². The lowest BCUT2D eigenvalue weighted by molar-refractivity contribution is -0.154. The van der Waals surface area contributed by atoms with Crippen LogP contribution in [0.2, 0.25) is 0 Å². The number of rotatable bonds is 3. The lowest BCUT2D eigenvalue weighted by Gasteiger charge is -2.30. The van der Waals surface area contributed by atoms with E-state index in [0.29, 0.717) is 12.2 Å². The molecular weight excluding hydrogens is 298 g/mol. The average molecular weight is 315 g/mol. The maximum absolute atomic E-state index is 12.6. The van der Waals surface area contributed by atoms with Crippen molar-refractivity contribution < 1.29 is 19.4 Å². The van der Waals surface area contributed by atoms with Crippen molar-refractivity contribution in [2.24, 2.45) is 0 Å². The summed E-state index contributed by atoms with van der Waals surface area (Å²) >= 11 is 0. The highest BCUT2D eigenvalue weighted by Gasteiger charge is 2.30. The molecule has 7 heteroatoms. The SMILES string of the molecule is Cc1cc(C(=O)N2CCO[C@H](C(=O)O)C2)nn1-c1ccccc1. The maximum Gasteiger partial charge on any atom is 0.334 e. The van der Waals surface area contributed by atoms with Crippen molar-refractivity contribution in [1.82, 2.24) is 14.7 Å². The molecule has 7 nitrogen and oxygen atoms in total. The van der Waals surface area contributed by atoms with Gasteiger partial charge in [0.25, 0.3) is 5.91 Å². The molecule has 1 amide bonds. The third kappa shape index (κ3) is 3.09. The number of amides is 1. The molecule has 1 atom stereocenters. The Bertz CT molecular complexity index is 726. The second-order valence-electron chi connectivity index (χ2n) is 5.37. The fraction of sp³-hybridized carbons (Fsp3) is 0.312. The third-order valence-electron chi connectivity index (χ3n) is 3.74. The summed E-state index contributed by atoms with van der Waals surface area (Å²) in [5.41, 5.74) is 2.01. The zero-order chi connectivity index (χ0) is 16.4. The van der Waals surface area contributed by atoms with E-state index in [0.717, 1.165) is 11.4 Å². The first-order valence-electron chi connectivity index (χ1n) is 7.32. The van der Waals surface area contributed by atoms with Crippen LogP contribution in [-0.4, -0.2) is 57.5 Å². The molecule has 0 saturated carbocycles. The molecule has 0 spiro atoms. The number of carbonyl (C=O) groups is 2. The quantitative estimate of drug-likeness (QED) is 0.917. The Morgan fingerprint density at radius 2 is 2.04 bits per heavy atom. The van der Waals surface area contributed by atoms with Crippen LogP contribution in [-0.2, 0) is 9.53 Å². The Morgan fingerprint density at radius 3 is 2.74 bits per heavy atom. The molecule has 1 aromatic heterocycles. The van der Waals surface area contributed by atoms with Crippen LogP contribution in [0, 0.1) is 6.92 Å². The van der Waals surface area contributed by atoms with Gasteiger partial charge in [-0.25, -0.2) is 9.48 Å². The number of aromatic nitrogens is 2. The van der Waals surface area contributed by atoms with Gasteiger partial charge in [-0.05, 0) is 25.1 Å². The van der Waals surface area contributed by atoms with Gasteiger partial charge in [0.05, 0.1) is 18.8 Å². The Kier molecular flexibility index (Phi) is 4.12. The van der Waals surface area contributed by atoms with Crippen molar-refractivity contribution in [2.45, 2.75) is 13.0 Å². The average Bonchev–Trinajstić information content (AvgIpc) is 2.97. The number of hydrogen-bond donors (Lipinski definition) is 1. The molecule has 0 aliphatic carbocycles. The minimum absolute atomic E-state index is 0.0331. The second-order valence-corrected chi connectivity index (χ2v) is 5.37. The number of aryl methyl sites for hydroxylation is 1. The van der Waals surface area contributed by atoms with Crippen molar-refractivity contribution >= 4 is 11.9 Å². The fourth-order valence-corrected chi connectivity index (χ4v) is 2.55. The maximum atomic E-state index is 12.6. The van der Waals surface area contributed by atoms with E-state index in [9.17, 15) is 9.59 Å². The molecule has 0 radical (unpaired) electrons. The number of carboxylic acids is 1. The Morgan fingerprint density at radius 1 is 1.30 bits per heavy atom. The van der Waals surface area contributed by atoms with E-state index in [-0.39, 0.29) is 19.1 Å². The number of aliphatic carboxylic acids is 1. The van der Waals surface area contributed by atoms with Gasteiger partial charge in [0.1, 0.15) is 0 Å². The first-order chi connectivity index (χ1) is 11.1. The molecule has 1 aromatic carbocycles. The number of ether oxygens (including phenoxy) is 1. The monoisotopic (exact) mass is 315 g/mol. The minimum Gasteiger partial charge on any atom is -0.479 e. The number of para-hydroxylation sites is 1. The van der Waals surface area contributed by atoms with Crippen LogP contribution in [0.1, 0.15) is 16.2 Å². The van der Waals surface area contributed by atoms with Gasteiger partial charge in [-0.2, -0.15) is 5.10 Å². The first kappa shape index (κ1) is 15.2. The van der Waals surface area contributed by atoms with Gasteiger partial charge >= 0.3 is 5.97 Å². The molecule has 0 unspecified atom stereocenters. The Balaban J connectivity index is 1.82. The van der Waals surface area contributed by atoms with Gasteiger partial charge in [-0.1, -0.05) is 18.2 Å². The topological polar surface area (TPSA) is 84.7 Å². The molecule has 1 aliphatic heterocycles. The summed E-state index contributed by atoms with van der Waals surface area (Å²) in [5, 5.41) is 13.4. The van der Waals surface area contributed by atoms with E-state index in [4.69, 9.17) is 9.84 Å². The van der Waals surface area contributed by atoms with E-state index in [1.807, 2.05) is 37.3 Å². The van der Waals surface area contributed by atoms with Crippen LogP contribution in [0.25, 0.3) is 5.69 Å². The molecule has 0 bridgehead atoms. The standard InChI is InChI=1S/C16H17N3O4/c1-11-9-13(17-19(11)12-5-3-2-4-6-12)15(20)18-7-8-23-14(10-18)16(21)22/h2-6,9,14H,7-8,10H2,1H3,(H,21,22)/t14-/m0/s1. The predicted octanol–water partition coefficient (Wildman–Crippen LogP) is 1.11. The van der Waals surface area contributed by atoms with Crippen molar-refractivity contribution in [1.29, 1.82) is 0 Å². The van der Waals surface area contributed by atoms with Crippen LogP contribution in [0.3, 0.4) is 0 Å². The van der Waals surface area contributed by atoms with Gasteiger partial charge in [-0.15, -0.1) is 0 Å². The molecule has 1 aliphatic rings. The van der Waals surface area contributed by atoms with Crippen LogP contribution in [0.4, 0.5) is 0 Å². The molecule has 1 fully saturated rings. The largest absolute Gasteiger partial charge is 0.479 e. The Hall–Kier alpha value is -2.67. The Labute approximate surface area is 133 Å². The molecule has 2 aromatic rings. The van der Waals surface area contributed by atoms with E-state index >= 15 is 0 Å². The molecule has 23 heavy (non-hydrogen) atoms. The van der Waals surface area contributed by atoms with Crippen molar-refractivity contribution in [3.05, 3.63) is 47.8 Å². The number of morpholine rings is 1. The molecule has 2 heterocycles. The normalized spacial score (nSPS) is 18.0. The zero-order valence-corrected chi connectivity index (χ0v) is 12.7. The first-order valence-corrected chi connectivity index (χ1v) is 7.32. The highest BCUT2D eigenvalue weighted by molar-refractivity contribution is 5.93. The van der Waals surface area contributed by atoms with Gasteiger partial charge in [0.15, 0.2) is 11.8 Å². The molecule has 1 saturated heterocycles. The van der Waals surface area contributed by atoms with Crippen LogP contribution < -0.4 is 0 Å². The van der Waals surface area contributed by atoms with Crippen molar-refractivity contribution in [3.63, 3.8) is 0 Å². The summed E-state index contributed by atoms with van der Waals surface area (Å²) in [7, 11) is 0. The molecule has 1 N–H and O–H groups in total. The summed E-state index contributed by atoms with van der Waals surface area (Å²) in [6.07, 6.45) is -0.981. The number of hydrogen-bond acceptors (Lipinski definition) is 4. The summed E-state index contributed by atoms with van der Waals surface area (Å²) < 4.78 is 6.83. The van der Waals surface area contributed by atoms with Gasteiger partial charge in [0, 0.05) is 12.2 Å². The summed E-state index contributed by atoms with van der Waals surface area (Å²) in [6.45, 7) is 2.47. The van der Waals surface area contributed by atoms with E-state index < -0.39 is 12.1 Å². The summed E-state index contributed by atoms with van der Waals surface area (Å²) in [5.74, 6) is -1.34. The van der Waals surface area contributed by atoms with Crippen LogP contribution in [0.15, 0.2) is 36.4 Å². The van der Waals surface area contributed by atoms with Gasteiger partial charge < -0.3 is 14.7 Å². The fourth-order valence-electron chi connectivity index (χ4n) is 2.55. The summed E-state index contributed by atoms with van der Waals surface area (Å²) in [6, 6.07) is 11.2. The van der Waals surface area contributed by atoms with E-state index in [1.165, 1.54) is 4.90 Å². The van der Waals surface area contributed by atoms with Crippen LogP contribution in [0.5, 0.6) is 0 Å². The summed E-state index contributed by atoms with van der Waals surface area (Å²) in [4.78, 5) is 25.1. The number of nitrogens with zero attached hydrogens (tertiary/aromatic N) is 3. The lowest BCUT2D eigenvalue weighted by atomic mass is 10.2. The molecular formula is C16H17N3O4. The number of benzene rings is 1. The lowest BCUT2D eigenvalue weighted by Crippen LogP contribution is -2.48. The minimum atomic E-state index is -1.06. The van der Waals surface area contributed by atoms with Crippen molar-refractivity contribution in [2.75, 3.05) is 19.7 Å². The van der Waals surface area contributed by atoms with Gasteiger partial charge in [-0.3, -0.25) is 4.79 Å². The van der Waals surface area contributed by atoms with Crippen molar-refractivity contribution in [3.8, 4) is 5.69 Å². The number of carboxylic acid groups (broad SMARTS) is 1. The predicted molar refractivity (Wildman–Crippen MR) is 81.6 cm³/mol. The molecule has 120 valence electrons. The van der Waals surface area contributed by atoms with E-state index in [2.05, 4.69) is 5.10 Å². The number of carbonyl (C=O) groups excluding carboxylic acids is 1. The molecule has 3 rings (SSSR count). The van der Waals surface area contributed by atoms with Gasteiger partial charge in [0.2, 0.25) is 0 Å². The third-order valence-corrected chi connectivity index (χ3v) is 3.74. The smallest absolute Gasteiger partial charge is 0.334 e. The zero-order valence-electron chi connectivity index (χ0n) is 12.7. The highest BCUT2D eigenvalue weighted by atomic mass is 16.5.